The lowest BCUT2D eigenvalue weighted by Gasteiger charge is -2.33. The zero-order chi connectivity index (χ0) is 10.0. The van der Waals surface area contributed by atoms with Crippen LogP contribution in [0.2, 0.25) is 0 Å². The van der Waals surface area contributed by atoms with E-state index < -0.39 is 0 Å². The number of aromatic nitrogens is 2. The summed E-state index contributed by atoms with van der Waals surface area (Å²) in [4.78, 5) is 0. The van der Waals surface area contributed by atoms with Gasteiger partial charge in [-0.3, -0.25) is 4.68 Å². The predicted octanol–water partition coefficient (Wildman–Crippen LogP) is 1.62. The fourth-order valence-corrected chi connectivity index (χ4v) is 2.40. The summed E-state index contributed by atoms with van der Waals surface area (Å²) in [6.45, 7) is 0. The van der Waals surface area contributed by atoms with Gasteiger partial charge in [0.2, 0.25) is 0 Å². The van der Waals surface area contributed by atoms with Gasteiger partial charge in [0.05, 0.1) is 6.20 Å². The topological polar surface area (TPSA) is 43.8 Å². The minimum absolute atomic E-state index is 0.0429. The van der Waals surface area contributed by atoms with E-state index in [1.165, 1.54) is 37.7 Å². The molecule has 0 aromatic carbocycles. The zero-order valence-electron chi connectivity index (χ0n) is 8.87. The van der Waals surface area contributed by atoms with Crippen LogP contribution in [0.5, 0.6) is 0 Å². The molecule has 0 aliphatic heterocycles. The van der Waals surface area contributed by atoms with E-state index >= 15 is 0 Å². The van der Waals surface area contributed by atoms with Gasteiger partial charge >= 0.3 is 0 Å². The van der Waals surface area contributed by atoms with Crippen molar-refractivity contribution in [1.29, 1.82) is 0 Å². The van der Waals surface area contributed by atoms with Crippen LogP contribution >= 0.6 is 0 Å². The molecule has 0 saturated heterocycles. The summed E-state index contributed by atoms with van der Waals surface area (Å²) < 4.78 is 1.85. The van der Waals surface area contributed by atoms with E-state index in [9.17, 15) is 0 Å². The molecule has 0 spiro atoms. The maximum absolute atomic E-state index is 6.36. The van der Waals surface area contributed by atoms with Crippen molar-refractivity contribution in [2.75, 3.05) is 0 Å². The summed E-state index contributed by atoms with van der Waals surface area (Å²) in [6.07, 6.45) is 11.3. The van der Waals surface area contributed by atoms with Gasteiger partial charge in [0.15, 0.2) is 0 Å². The summed E-state index contributed by atoms with van der Waals surface area (Å²) in [7, 11) is 1.95. The molecule has 1 aromatic heterocycles. The van der Waals surface area contributed by atoms with Gasteiger partial charge in [0.25, 0.3) is 0 Å². The van der Waals surface area contributed by atoms with Crippen LogP contribution in [0.25, 0.3) is 0 Å². The molecule has 1 aliphatic carbocycles. The Labute approximate surface area is 85.3 Å². The highest BCUT2D eigenvalue weighted by Crippen LogP contribution is 2.28. The average molecular weight is 193 g/mol. The van der Waals surface area contributed by atoms with Crippen molar-refractivity contribution in [2.45, 2.75) is 44.1 Å². The van der Waals surface area contributed by atoms with Crippen LogP contribution in [0.4, 0.5) is 0 Å². The predicted molar refractivity (Wildman–Crippen MR) is 56.9 cm³/mol. The highest BCUT2D eigenvalue weighted by atomic mass is 15.2. The highest BCUT2D eigenvalue weighted by Gasteiger charge is 2.27. The maximum Gasteiger partial charge on any atom is 0.0522 e. The van der Waals surface area contributed by atoms with Gasteiger partial charge in [-0.15, -0.1) is 0 Å². The summed E-state index contributed by atoms with van der Waals surface area (Å²) >= 11 is 0. The Morgan fingerprint density at radius 2 is 2.14 bits per heavy atom. The molecule has 1 aliphatic rings. The van der Waals surface area contributed by atoms with E-state index in [2.05, 4.69) is 11.3 Å². The van der Waals surface area contributed by atoms with Gasteiger partial charge in [-0.25, -0.2) is 0 Å². The second-order valence-electron chi connectivity index (χ2n) is 4.62. The van der Waals surface area contributed by atoms with Crippen LogP contribution in [0.1, 0.15) is 37.7 Å². The lowest BCUT2D eigenvalue weighted by molar-refractivity contribution is 0.294. The maximum atomic E-state index is 6.36. The van der Waals surface area contributed by atoms with Gasteiger partial charge in [0.1, 0.15) is 0 Å². The highest BCUT2D eigenvalue weighted by molar-refractivity contribution is 5.10. The molecule has 0 unspecified atom stereocenters. The molecule has 2 rings (SSSR count). The first kappa shape index (κ1) is 9.71. The molecule has 78 valence electrons. The monoisotopic (exact) mass is 193 g/mol. The number of hydrogen-bond acceptors (Lipinski definition) is 2. The molecule has 2 N–H and O–H groups in total. The van der Waals surface area contributed by atoms with Crippen LogP contribution in [0.3, 0.4) is 0 Å². The molecule has 0 bridgehead atoms. The summed E-state index contributed by atoms with van der Waals surface area (Å²) in [5, 5.41) is 4.17. The Hall–Kier alpha value is -0.830. The van der Waals surface area contributed by atoms with Crippen molar-refractivity contribution in [2.24, 2.45) is 12.8 Å². The molecule has 1 saturated carbocycles. The first-order valence-electron chi connectivity index (χ1n) is 5.44. The van der Waals surface area contributed by atoms with Crippen molar-refractivity contribution in [1.82, 2.24) is 9.78 Å². The lowest BCUT2D eigenvalue weighted by atomic mass is 9.79. The molecular formula is C11H19N3. The van der Waals surface area contributed by atoms with Crippen LogP contribution in [0.15, 0.2) is 12.4 Å². The number of rotatable bonds is 2. The standard InChI is InChI=1S/C11H19N3/c1-14-9-10(8-13-14)7-11(12)5-3-2-4-6-11/h8-9H,2-7,12H2,1H3. The summed E-state index contributed by atoms with van der Waals surface area (Å²) in [6, 6.07) is 0. The number of aryl methyl sites for hydroxylation is 1. The van der Waals surface area contributed by atoms with E-state index in [4.69, 9.17) is 5.73 Å². The largest absolute Gasteiger partial charge is 0.325 e. The molecule has 0 atom stereocenters. The zero-order valence-corrected chi connectivity index (χ0v) is 8.87. The SMILES string of the molecule is Cn1cc(CC2(N)CCCCC2)cn1. The number of nitrogens with zero attached hydrogens (tertiary/aromatic N) is 2. The molecule has 0 amide bonds. The fraction of sp³-hybridized carbons (Fsp3) is 0.727. The first-order chi connectivity index (χ1) is 6.68. The third-order valence-corrected chi connectivity index (χ3v) is 3.16. The third kappa shape index (κ3) is 2.15. The second kappa shape index (κ2) is 3.73. The van der Waals surface area contributed by atoms with Crippen LogP contribution in [-0.4, -0.2) is 15.3 Å². The number of nitrogens with two attached hydrogens (primary N) is 1. The summed E-state index contributed by atoms with van der Waals surface area (Å²) in [5.74, 6) is 0. The molecule has 0 radical (unpaired) electrons. The van der Waals surface area contributed by atoms with Gasteiger partial charge in [0, 0.05) is 18.8 Å². The molecular weight excluding hydrogens is 174 g/mol. The second-order valence-corrected chi connectivity index (χ2v) is 4.62. The average Bonchev–Trinajstić information content (AvgIpc) is 2.51. The molecule has 14 heavy (non-hydrogen) atoms. The van der Waals surface area contributed by atoms with Gasteiger partial charge in [-0.1, -0.05) is 19.3 Å². The molecule has 1 fully saturated rings. The van der Waals surface area contributed by atoms with E-state index in [0.717, 1.165) is 6.42 Å². The smallest absolute Gasteiger partial charge is 0.0522 e. The minimum atomic E-state index is 0.0429. The third-order valence-electron chi connectivity index (χ3n) is 3.16. The first-order valence-corrected chi connectivity index (χ1v) is 5.44. The quantitative estimate of drug-likeness (QED) is 0.775. The van der Waals surface area contributed by atoms with Gasteiger partial charge in [-0.05, 0) is 24.8 Å². The van der Waals surface area contributed by atoms with Crippen molar-refractivity contribution < 1.29 is 0 Å². The van der Waals surface area contributed by atoms with E-state index in [0.29, 0.717) is 0 Å². The van der Waals surface area contributed by atoms with Crippen molar-refractivity contribution in [3.63, 3.8) is 0 Å². The van der Waals surface area contributed by atoms with Gasteiger partial charge < -0.3 is 5.73 Å². The summed E-state index contributed by atoms with van der Waals surface area (Å²) in [5.41, 5.74) is 7.68. The molecule has 1 heterocycles. The minimum Gasteiger partial charge on any atom is -0.325 e. The normalized spacial score (nSPS) is 21.0. The Morgan fingerprint density at radius 1 is 1.43 bits per heavy atom. The lowest BCUT2D eigenvalue weighted by Crippen LogP contribution is -2.43. The Kier molecular flexibility index (Phi) is 2.59. The van der Waals surface area contributed by atoms with Gasteiger partial charge in [-0.2, -0.15) is 5.10 Å². The Bertz CT molecular complexity index is 297. The van der Waals surface area contributed by atoms with E-state index in [-0.39, 0.29) is 5.54 Å². The molecule has 3 nitrogen and oxygen atoms in total. The van der Waals surface area contributed by atoms with E-state index in [1.54, 1.807) is 0 Å². The Balaban J connectivity index is 2.01. The fourth-order valence-electron chi connectivity index (χ4n) is 2.40. The Morgan fingerprint density at radius 3 is 2.71 bits per heavy atom. The van der Waals surface area contributed by atoms with Crippen molar-refractivity contribution >= 4 is 0 Å². The van der Waals surface area contributed by atoms with Crippen LogP contribution < -0.4 is 5.73 Å². The molecule has 1 aromatic rings. The van der Waals surface area contributed by atoms with E-state index in [1.807, 2.05) is 17.9 Å². The van der Waals surface area contributed by atoms with Crippen LogP contribution in [-0.2, 0) is 13.5 Å². The number of hydrogen-bond donors (Lipinski definition) is 1. The van der Waals surface area contributed by atoms with Crippen molar-refractivity contribution in [3.8, 4) is 0 Å². The van der Waals surface area contributed by atoms with Crippen molar-refractivity contribution in [3.05, 3.63) is 18.0 Å². The van der Waals surface area contributed by atoms with Crippen LogP contribution in [0, 0.1) is 0 Å². The molecule has 3 heteroatoms.